The zero-order valence-electron chi connectivity index (χ0n) is 14.2. The Morgan fingerprint density at radius 2 is 2.16 bits per heavy atom. The highest BCUT2D eigenvalue weighted by Gasteiger charge is 2.09. The van der Waals surface area contributed by atoms with E-state index < -0.39 is 0 Å². The van der Waals surface area contributed by atoms with Gasteiger partial charge in [-0.05, 0) is 36.7 Å². The average Bonchev–Trinajstić information content (AvgIpc) is 2.65. The molecule has 0 radical (unpaired) electrons. The number of ether oxygens (including phenoxy) is 1. The van der Waals surface area contributed by atoms with Crippen molar-refractivity contribution in [3.8, 4) is 0 Å². The Hall–Kier alpha value is -1.73. The average molecular weight is 362 g/mol. The fourth-order valence-corrected chi connectivity index (χ4v) is 3.00. The van der Waals surface area contributed by atoms with Crippen LogP contribution in [-0.4, -0.2) is 60.8 Å². The molecule has 1 fully saturated rings. The molecular formula is C18H24ClN5O. The van der Waals surface area contributed by atoms with Crippen LogP contribution >= 0.6 is 11.6 Å². The highest BCUT2D eigenvalue weighted by Crippen LogP contribution is 2.18. The van der Waals surface area contributed by atoms with Crippen LogP contribution in [0.1, 0.15) is 12.0 Å². The van der Waals surface area contributed by atoms with Crippen LogP contribution in [0.2, 0.25) is 5.15 Å². The number of halogens is 1. The van der Waals surface area contributed by atoms with E-state index in [-0.39, 0.29) is 0 Å². The highest BCUT2D eigenvalue weighted by atomic mass is 35.5. The molecule has 0 amide bonds. The Bertz CT molecular complexity index is 730. The predicted molar refractivity (Wildman–Crippen MR) is 101 cm³/mol. The molecular weight excluding hydrogens is 338 g/mol. The first-order valence-electron chi connectivity index (χ1n) is 8.61. The lowest BCUT2D eigenvalue weighted by atomic mass is 10.1. The van der Waals surface area contributed by atoms with Gasteiger partial charge in [-0.1, -0.05) is 11.6 Å². The normalized spacial score (nSPS) is 16.3. The molecule has 1 aliphatic heterocycles. The maximum absolute atomic E-state index is 5.96. The minimum atomic E-state index is 0.435. The monoisotopic (exact) mass is 361 g/mol. The summed E-state index contributed by atoms with van der Waals surface area (Å²) in [6.45, 7) is 6.18. The number of hydrogen-bond donors (Lipinski definition) is 2. The molecule has 3 rings (SSSR count). The molecule has 2 aromatic rings. The Kier molecular flexibility index (Phi) is 6.58. The van der Waals surface area contributed by atoms with Gasteiger partial charge in [0.2, 0.25) is 0 Å². The van der Waals surface area contributed by atoms with Crippen molar-refractivity contribution < 1.29 is 4.74 Å². The summed E-state index contributed by atoms with van der Waals surface area (Å²) in [5.74, 6) is 0. The SMILES string of the molecule is NC/C(=C\NCCCN1CCOCC1)c1cnc2ccc(Cl)nc2c1. The van der Waals surface area contributed by atoms with Crippen molar-refractivity contribution in [2.75, 3.05) is 45.9 Å². The Balaban J connectivity index is 1.56. The second-order valence-corrected chi connectivity index (χ2v) is 6.42. The van der Waals surface area contributed by atoms with E-state index >= 15 is 0 Å². The number of pyridine rings is 2. The molecule has 0 saturated carbocycles. The molecule has 1 saturated heterocycles. The van der Waals surface area contributed by atoms with Gasteiger partial charge in [-0.2, -0.15) is 0 Å². The molecule has 2 aromatic heterocycles. The van der Waals surface area contributed by atoms with Gasteiger partial charge in [0.15, 0.2) is 0 Å². The molecule has 3 N–H and O–H groups in total. The number of nitrogens with one attached hydrogen (secondary N) is 1. The number of aromatic nitrogens is 2. The van der Waals surface area contributed by atoms with Crippen molar-refractivity contribution in [1.29, 1.82) is 0 Å². The third kappa shape index (κ3) is 5.12. The molecule has 1 aliphatic rings. The van der Waals surface area contributed by atoms with Crippen molar-refractivity contribution in [3.63, 3.8) is 0 Å². The van der Waals surface area contributed by atoms with E-state index in [0.29, 0.717) is 11.7 Å². The lowest BCUT2D eigenvalue weighted by molar-refractivity contribution is 0.0375. The smallest absolute Gasteiger partial charge is 0.129 e. The molecule has 3 heterocycles. The summed E-state index contributed by atoms with van der Waals surface area (Å²) in [4.78, 5) is 11.2. The zero-order valence-corrected chi connectivity index (χ0v) is 15.0. The Morgan fingerprint density at radius 1 is 1.32 bits per heavy atom. The van der Waals surface area contributed by atoms with Crippen LogP contribution in [-0.2, 0) is 4.74 Å². The Morgan fingerprint density at radius 3 is 2.96 bits per heavy atom. The maximum atomic E-state index is 5.96. The van der Waals surface area contributed by atoms with Crippen molar-refractivity contribution >= 4 is 28.2 Å². The molecule has 0 aromatic carbocycles. The lowest BCUT2D eigenvalue weighted by Crippen LogP contribution is -2.37. The number of nitrogens with zero attached hydrogens (tertiary/aromatic N) is 3. The van der Waals surface area contributed by atoms with E-state index in [9.17, 15) is 0 Å². The fraction of sp³-hybridized carbons (Fsp3) is 0.444. The largest absolute Gasteiger partial charge is 0.391 e. The van der Waals surface area contributed by atoms with E-state index in [1.807, 2.05) is 24.5 Å². The van der Waals surface area contributed by atoms with Gasteiger partial charge in [0.1, 0.15) is 5.15 Å². The first-order chi connectivity index (χ1) is 12.3. The van der Waals surface area contributed by atoms with Gasteiger partial charge >= 0.3 is 0 Å². The van der Waals surface area contributed by atoms with Crippen molar-refractivity contribution in [2.24, 2.45) is 5.73 Å². The summed E-state index contributed by atoms with van der Waals surface area (Å²) in [7, 11) is 0. The molecule has 25 heavy (non-hydrogen) atoms. The second-order valence-electron chi connectivity index (χ2n) is 6.03. The second kappa shape index (κ2) is 9.10. The predicted octanol–water partition coefficient (Wildman–Crippen LogP) is 1.89. The van der Waals surface area contributed by atoms with E-state index in [2.05, 4.69) is 20.2 Å². The molecule has 0 unspecified atom stereocenters. The Labute approximate surface area is 153 Å². The van der Waals surface area contributed by atoms with Crippen LogP contribution < -0.4 is 11.1 Å². The van der Waals surface area contributed by atoms with Crippen LogP contribution in [0.3, 0.4) is 0 Å². The first-order valence-corrected chi connectivity index (χ1v) is 8.99. The minimum absolute atomic E-state index is 0.435. The summed E-state index contributed by atoms with van der Waals surface area (Å²) < 4.78 is 5.36. The number of rotatable bonds is 7. The van der Waals surface area contributed by atoms with Gasteiger partial charge in [0, 0.05) is 44.1 Å². The van der Waals surface area contributed by atoms with Gasteiger partial charge < -0.3 is 15.8 Å². The third-order valence-corrected chi connectivity index (χ3v) is 4.48. The highest BCUT2D eigenvalue weighted by molar-refractivity contribution is 6.29. The summed E-state index contributed by atoms with van der Waals surface area (Å²) in [6, 6.07) is 5.58. The van der Waals surface area contributed by atoms with Gasteiger partial charge in [0.05, 0.1) is 24.2 Å². The molecule has 0 spiro atoms. The summed E-state index contributed by atoms with van der Waals surface area (Å²) in [5.41, 5.74) is 9.47. The standard InChI is InChI=1S/C18H24ClN5O/c19-18-3-2-16-17(23-18)10-14(13-22-16)15(11-20)12-21-4-1-5-24-6-8-25-9-7-24/h2-3,10,12-13,21H,1,4-9,11,20H2/b15-12+. The molecule has 7 heteroatoms. The van der Waals surface area contributed by atoms with Gasteiger partial charge in [-0.15, -0.1) is 0 Å². The molecule has 6 nitrogen and oxygen atoms in total. The van der Waals surface area contributed by atoms with Gasteiger partial charge in [0.25, 0.3) is 0 Å². The topological polar surface area (TPSA) is 76.3 Å². The number of nitrogens with two attached hydrogens (primary N) is 1. The van der Waals surface area contributed by atoms with Crippen molar-refractivity contribution in [3.05, 3.63) is 41.3 Å². The van der Waals surface area contributed by atoms with E-state index in [0.717, 1.165) is 68.0 Å². The maximum Gasteiger partial charge on any atom is 0.129 e. The molecule has 134 valence electrons. The molecule has 0 aliphatic carbocycles. The minimum Gasteiger partial charge on any atom is -0.391 e. The number of morpholine rings is 1. The van der Waals surface area contributed by atoms with Gasteiger partial charge in [-0.3, -0.25) is 9.88 Å². The van der Waals surface area contributed by atoms with Crippen molar-refractivity contribution in [2.45, 2.75) is 6.42 Å². The van der Waals surface area contributed by atoms with E-state index in [1.54, 1.807) is 6.07 Å². The number of fused-ring (bicyclic) bond motifs is 1. The summed E-state index contributed by atoms with van der Waals surface area (Å²) >= 11 is 5.96. The fourth-order valence-electron chi connectivity index (χ4n) is 2.84. The van der Waals surface area contributed by atoms with Crippen LogP contribution in [0.4, 0.5) is 0 Å². The number of hydrogen-bond acceptors (Lipinski definition) is 6. The van der Waals surface area contributed by atoms with Crippen molar-refractivity contribution in [1.82, 2.24) is 20.2 Å². The van der Waals surface area contributed by atoms with Gasteiger partial charge in [-0.25, -0.2) is 4.98 Å². The quantitative estimate of drug-likeness (QED) is 0.579. The zero-order chi connectivity index (χ0) is 17.5. The molecule has 0 atom stereocenters. The summed E-state index contributed by atoms with van der Waals surface area (Å²) in [5, 5.41) is 3.82. The van der Waals surface area contributed by atoms with Crippen LogP contribution in [0, 0.1) is 0 Å². The van der Waals surface area contributed by atoms with Crippen LogP contribution in [0.25, 0.3) is 16.6 Å². The lowest BCUT2D eigenvalue weighted by Gasteiger charge is -2.26. The van der Waals surface area contributed by atoms with Crippen LogP contribution in [0.5, 0.6) is 0 Å². The molecule has 0 bridgehead atoms. The third-order valence-electron chi connectivity index (χ3n) is 4.27. The first kappa shape index (κ1) is 18.1. The van der Waals surface area contributed by atoms with Crippen LogP contribution in [0.15, 0.2) is 30.6 Å². The van der Waals surface area contributed by atoms with E-state index in [1.165, 1.54) is 0 Å². The summed E-state index contributed by atoms with van der Waals surface area (Å²) in [6.07, 6.45) is 4.89. The van der Waals surface area contributed by atoms with E-state index in [4.69, 9.17) is 22.1 Å².